The Morgan fingerprint density at radius 2 is 1.88 bits per heavy atom. The standard InChI is InChI=1S/C20H25N3O2S/c1-3-4-5-6-13-25-18-11-9-17(10-12-18)22-20(26)23-19(24)16-8-7-15(2)21-14-16/h7-12,14H,3-6,13H2,1-2H3,(H2,22,23,24,26). The predicted octanol–water partition coefficient (Wildman–Crippen LogP) is 4.48. The van der Waals surface area contributed by atoms with Crippen molar-refractivity contribution in [1.29, 1.82) is 0 Å². The molecule has 138 valence electrons. The van der Waals surface area contributed by atoms with Crippen molar-refractivity contribution in [1.82, 2.24) is 10.3 Å². The van der Waals surface area contributed by atoms with Gasteiger partial charge in [0.1, 0.15) is 5.75 Å². The van der Waals surface area contributed by atoms with E-state index in [-0.39, 0.29) is 11.0 Å². The van der Waals surface area contributed by atoms with Gasteiger partial charge in [-0.1, -0.05) is 26.2 Å². The number of benzene rings is 1. The van der Waals surface area contributed by atoms with Crippen LogP contribution in [0.5, 0.6) is 5.75 Å². The largest absolute Gasteiger partial charge is 0.494 e. The third kappa shape index (κ3) is 6.80. The molecule has 0 aliphatic rings. The summed E-state index contributed by atoms with van der Waals surface area (Å²) < 4.78 is 5.71. The van der Waals surface area contributed by atoms with Crippen LogP contribution in [-0.2, 0) is 0 Å². The van der Waals surface area contributed by atoms with Crippen LogP contribution in [0.4, 0.5) is 5.69 Å². The Morgan fingerprint density at radius 1 is 1.12 bits per heavy atom. The summed E-state index contributed by atoms with van der Waals surface area (Å²) in [6.45, 7) is 4.79. The fourth-order valence-corrected chi connectivity index (χ4v) is 2.50. The van der Waals surface area contributed by atoms with E-state index in [4.69, 9.17) is 17.0 Å². The Labute approximate surface area is 160 Å². The van der Waals surface area contributed by atoms with Crippen LogP contribution < -0.4 is 15.4 Å². The average molecular weight is 372 g/mol. The SMILES string of the molecule is CCCCCCOc1ccc(NC(=S)NC(=O)c2ccc(C)nc2)cc1. The maximum absolute atomic E-state index is 12.1. The molecule has 0 fully saturated rings. The van der Waals surface area contributed by atoms with Crippen molar-refractivity contribution < 1.29 is 9.53 Å². The Morgan fingerprint density at radius 3 is 2.54 bits per heavy atom. The Bertz CT molecular complexity index is 715. The Balaban J connectivity index is 1.78. The van der Waals surface area contributed by atoms with Crippen molar-refractivity contribution in [2.45, 2.75) is 39.5 Å². The zero-order chi connectivity index (χ0) is 18.8. The van der Waals surface area contributed by atoms with Gasteiger partial charge in [-0.05, 0) is 62.0 Å². The molecule has 1 aromatic heterocycles. The molecule has 0 atom stereocenters. The van der Waals surface area contributed by atoms with Gasteiger partial charge >= 0.3 is 0 Å². The second-order valence-corrected chi connectivity index (χ2v) is 6.44. The highest BCUT2D eigenvalue weighted by molar-refractivity contribution is 7.80. The Hall–Kier alpha value is -2.47. The first-order valence-electron chi connectivity index (χ1n) is 8.86. The molecule has 0 aliphatic heterocycles. The van der Waals surface area contributed by atoms with Gasteiger partial charge in [-0.15, -0.1) is 0 Å². The molecule has 0 aliphatic carbocycles. The minimum atomic E-state index is -0.290. The van der Waals surface area contributed by atoms with Crippen LogP contribution in [0.3, 0.4) is 0 Å². The van der Waals surface area contributed by atoms with Crippen molar-refractivity contribution >= 4 is 28.9 Å². The van der Waals surface area contributed by atoms with Gasteiger partial charge in [-0.25, -0.2) is 0 Å². The van der Waals surface area contributed by atoms with Gasteiger partial charge in [0.05, 0.1) is 12.2 Å². The molecule has 0 saturated heterocycles. The number of aromatic nitrogens is 1. The molecule has 5 nitrogen and oxygen atoms in total. The van der Waals surface area contributed by atoms with E-state index in [0.29, 0.717) is 5.56 Å². The number of pyridine rings is 1. The number of hydrogen-bond donors (Lipinski definition) is 2. The van der Waals surface area contributed by atoms with E-state index in [9.17, 15) is 4.79 Å². The van der Waals surface area contributed by atoms with Crippen molar-refractivity contribution in [3.05, 3.63) is 53.9 Å². The number of carbonyl (C=O) groups is 1. The Kier molecular flexibility index (Phi) is 8.02. The highest BCUT2D eigenvalue weighted by Crippen LogP contribution is 2.16. The molecule has 1 amide bonds. The summed E-state index contributed by atoms with van der Waals surface area (Å²) in [7, 11) is 0. The number of aryl methyl sites for hydroxylation is 1. The molecule has 26 heavy (non-hydrogen) atoms. The van der Waals surface area contributed by atoms with Gasteiger partial charge in [0.25, 0.3) is 5.91 Å². The van der Waals surface area contributed by atoms with Crippen molar-refractivity contribution in [2.75, 3.05) is 11.9 Å². The number of hydrogen-bond acceptors (Lipinski definition) is 4. The molecule has 1 aromatic carbocycles. The zero-order valence-electron chi connectivity index (χ0n) is 15.2. The third-order valence-corrected chi connectivity index (χ3v) is 3.98. The lowest BCUT2D eigenvalue weighted by Crippen LogP contribution is -2.34. The van der Waals surface area contributed by atoms with Gasteiger partial charge < -0.3 is 10.1 Å². The van der Waals surface area contributed by atoms with Crippen molar-refractivity contribution in [3.63, 3.8) is 0 Å². The molecule has 1 heterocycles. The van der Waals surface area contributed by atoms with Crippen LogP contribution in [0.2, 0.25) is 0 Å². The maximum Gasteiger partial charge on any atom is 0.258 e. The topological polar surface area (TPSA) is 63.2 Å². The number of amides is 1. The first-order chi connectivity index (χ1) is 12.6. The van der Waals surface area contributed by atoms with Crippen LogP contribution in [0, 0.1) is 6.92 Å². The summed E-state index contributed by atoms with van der Waals surface area (Å²) in [5.74, 6) is 0.537. The molecule has 2 N–H and O–H groups in total. The van der Waals surface area contributed by atoms with E-state index in [1.807, 2.05) is 31.2 Å². The minimum Gasteiger partial charge on any atom is -0.494 e. The lowest BCUT2D eigenvalue weighted by Gasteiger charge is -2.11. The molecule has 2 aromatic rings. The average Bonchev–Trinajstić information content (AvgIpc) is 2.63. The number of unbranched alkanes of at least 4 members (excludes halogenated alkanes) is 3. The molecular formula is C20H25N3O2S. The molecule has 2 rings (SSSR count). The van der Waals surface area contributed by atoms with Gasteiger partial charge in [0, 0.05) is 17.6 Å². The number of rotatable bonds is 8. The van der Waals surface area contributed by atoms with E-state index >= 15 is 0 Å². The van der Waals surface area contributed by atoms with Gasteiger partial charge in [-0.2, -0.15) is 0 Å². The van der Waals surface area contributed by atoms with Crippen LogP contribution in [0.15, 0.2) is 42.6 Å². The number of ether oxygens (including phenoxy) is 1. The summed E-state index contributed by atoms with van der Waals surface area (Å²) in [5.41, 5.74) is 2.11. The molecule has 0 saturated carbocycles. The summed E-state index contributed by atoms with van der Waals surface area (Å²) in [6.07, 6.45) is 6.25. The van der Waals surface area contributed by atoms with E-state index < -0.39 is 0 Å². The molecule has 0 spiro atoms. The normalized spacial score (nSPS) is 10.2. The highest BCUT2D eigenvalue weighted by atomic mass is 32.1. The third-order valence-electron chi connectivity index (χ3n) is 3.78. The fourth-order valence-electron chi connectivity index (χ4n) is 2.29. The number of nitrogens with zero attached hydrogens (tertiary/aromatic N) is 1. The van der Waals surface area contributed by atoms with E-state index in [2.05, 4.69) is 22.5 Å². The number of carbonyl (C=O) groups excluding carboxylic acids is 1. The molecule has 0 bridgehead atoms. The highest BCUT2D eigenvalue weighted by Gasteiger charge is 2.08. The first-order valence-corrected chi connectivity index (χ1v) is 9.27. The quantitative estimate of drug-likeness (QED) is 0.529. The van der Waals surface area contributed by atoms with E-state index in [1.54, 1.807) is 12.1 Å². The second kappa shape index (κ2) is 10.5. The summed E-state index contributed by atoms with van der Waals surface area (Å²) in [4.78, 5) is 16.2. The fraction of sp³-hybridized carbons (Fsp3) is 0.350. The van der Waals surface area contributed by atoms with Crippen LogP contribution in [0.25, 0.3) is 0 Å². The van der Waals surface area contributed by atoms with Crippen molar-refractivity contribution in [3.8, 4) is 5.75 Å². The smallest absolute Gasteiger partial charge is 0.258 e. The van der Waals surface area contributed by atoms with Gasteiger partial charge in [0.15, 0.2) is 5.11 Å². The summed E-state index contributed by atoms with van der Waals surface area (Å²) >= 11 is 5.19. The van der Waals surface area contributed by atoms with E-state index in [1.165, 1.54) is 25.5 Å². The molecule has 0 radical (unpaired) electrons. The number of thiocarbonyl (C=S) groups is 1. The lowest BCUT2D eigenvalue weighted by molar-refractivity contribution is 0.0977. The molecule has 0 unspecified atom stereocenters. The lowest BCUT2D eigenvalue weighted by atomic mass is 10.2. The van der Waals surface area contributed by atoms with E-state index in [0.717, 1.165) is 30.2 Å². The monoisotopic (exact) mass is 371 g/mol. The van der Waals surface area contributed by atoms with Crippen LogP contribution in [0.1, 0.15) is 48.7 Å². The minimum absolute atomic E-state index is 0.240. The number of nitrogens with one attached hydrogen (secondary N) is 2. The number of anilines is 1. The molecule has 6 heteroatoms. The van der Waals surface area contributed by atoms with Crippen LogP contribution >= 0.6 is 12.2 Å². The van der Waals surface area contributed by atoms with Crippen molar-refractivity contribution in [2.24, 2.45) is 0 Å². The molecular weight excluding hydrogens is 346 g/mol. The van der Waals surface area contributed by atoms with Crippen LogP contribution in [-0.4, -0.2) is 22.6 Å². The first kappa shape index (κ1) is 19.8. The second-order valence-electron chi connectivity index (χ2n) is 6.03. The van der Waals surface area contributed by atoms with Gasteiger partial charge in [-0.3, -0.25) is 15.1 Å². The summed E-state index contributed by atoms with van der Waals surface area (Å²) in [6, 6.07) is 11.0. The maximum atomic E-state index is 12.1. The summed E-state index contributed by atoms with van der Waals surface area (Å²) in [5, 5.41) is 5.87. The predicted molar refractivity (Wildman–Crippen MR) is 109 cm³/mol. The van der Waals surface area contributed by atoms with Gasteiger partial charge in [0.2, 0.25) is 0 Å². The zero-order valence-corrected chi connectivity index (χ0v) is 16.1.